The minimum Gasteiger partial charge on any atom is -0.368 e. The Morgan fingerprint density at radius 1 is 1.50 bits per heavy atom. The molecule has 0 fully saturated rings. The zero-order chi connectivity index (χ0) is 12.3. The number of benzene rings is 1. The van der Waals surface area contributed by atoms with Gasteiger partial charge in [-0.25, -0.2) is 0 Å². The first kappa shape index (κ1) is 13.4. The van der Waals surface area contributed by atoms with E-state index in [0.717, 1.165) is 3.57 Å². The number of primary amides is 1. The van der Waals surface area contributed by atoms with E-state index in [4.69, 9.17) is 5.73 Å². The molecular formula is C10H10BrIN2O2. The van der Waals surface area contributed by atoms with Gasteiger partial charge < -0.3 is 10.6 Å². The van der Waals surface area contributed by atoms with Crippen molar-refractivity contribution in [2.24, 2.45) is 5.73 Å². The fourth-order valence-corrected chi connectivity index (χ4v) is 2.08. The van der Waals surface area contributed by atoms with Crippen molar-refractivity contribution in [3.8, 4) is 0 Å². The smallest absolute Gasteiger partial charge is 0.255 e. The number of nitrogens with two attached hydrogens (primary N) is 1. The van der Waals surface area contributed by atoms with Crippen LogP contribution in [-0.2, 0) is 4.79 Å². The number of hydrogen-bond donors (Lipinski definition) is 1. The summed E-state index contributed by atoms with van der Waals surface area (Å²) < 4.78 is 1.66. The monoisotopic (exact) mass is 396 g/mol. The lowest BCUT2D eigenvalue weighted by Gasteiger charge is -2.16. The molecule has 0 aliphatic rings. The maximum Gasteiger partial charge on any atom is 0.255 e. The van der Waals surface area contributed by atoms with Crippen LogP contribution in [0.4, 0.5) is 0 Å². The fourth-order valence-electron chi connectivity index (χ4n) is 1.17. The lowest BCUT2D eigenvalue weighted by Crippen LogP contribution is -2.35. The Morgan fingerprint density at radius 2 is 2.12 bits per heavy atom. The van der Waals surface area contributed by atoms with Crippen molar-refractivity contribution in [2.75, 3.05) is 13.6 Å². The van der Waals surface area contributed by atoms with Gasteiger partial charge in [0.15, 0.2) is 0 Å². The van der Waals surface area contributed by atoms with Gasteiger partial charge in [-0.15, -0.1) is 0 Å². The summed E-state index contributed by atoms with van der Waals surface area (Å²) in [5.74, 6) is -0.762. The Labute approximate surface area is 115 Å². The van der Waals surface area contributed by atoms with E-state index < -0.39 is 5.91 Å². The van der Waals surface area contributed by atoms with E-state index in [-0.39, 0.29) is 12.5 Å². The van der Waals surface area contributed by atoms with Gasteiger partial charge in [0.1, 0.15) is 0 Å². The molecule has 1 aromatic carbocycles. The van der Waals surface area contributed by atoms with E-state index in [1.165, 1.54) is 4.90 Å². The summed E-state index contributed by atoms with van der Waals surface area (Å²) in [6.45, 7) is -0.0866. The highest BCUT2D eigenvalue weighted by Gasteiger charge is 2.16. The normalized spacial score (nSPS) is 9.94. The second kappa shape index (κ2) is 5.62. The van der Waals surface area contributed by atoms with Crippen LogP contribution >= 0.6 is 38.5 Å². The lowest BCUT2D eigenvalue weighted by atomic mass is 10.2. The summed E-state index contributed by atoms with van der Waals surface area (Å²) in [5, 5.41) is 0. The molecule has 16 heavy (non-hydrogen) atoms. The van der Waals surface area contributed by atoms with Crippen LogP contribution in [0.1, 0.15) is 10.4 Å². The van der Waals surface area contributed by atoms with E-state index in [9.17, 15) is 9.59 Å². The van der Waals surface area contributed by atoms with Crippen molar-refractivity contribution in [2.45, 2.75) is 0 Å². The Balaban J connectivity index is 2.95. The molecule has 0 aromatic heterocycles. The van der Waals surface area contributed by atoms with Crippen LogP contribution in [0.25, 0.3) is 0 Å². The van der Waals surface area contributed by atoms with Crippen LogP contribution in [0.5, 0.6) is 0 Å². The zero-order valence-corrected chi connectivity index (χ0v) is 12.3. The van der Waals surface area contributed by atoms with E-state index in [2.05, 4.69) is 38.5 Å². The number of amides is 2. The SMILES string of the molecule is CN(CC(N)=O)C(=O)c1cc(I)ccc1Br. The summed E-state index contributed by atoms with van der Waals surface area (Å²) >= 11 is 5.42. The summed E-state index contributed by atoms with van der Waals surface area (Å²) in [5.41, 5.74) is 5.55. The summed E-state index contributed by atoms with van der Waals surface area (Å²) in [6.07, 6.45) is 0. The van der Waals surface area contributed by atoms with Crippen LogP contribution in [0.3, 0.4) is 0 Å². The van der Waals surface area contributed by atoms with Crippen LogP contribution in [-0.4, -0.2) is 30.3 Å². The third-order valence-corrected chi connectivity index (χ3v) is 3.26. The number of nitrogens with zero attached hydrogens (tertiary/aromatic N) is 1. The van der Waals surface area contributed by atoms with Gasteiger partial charge in [-0.1, -0.05) is 0 Å². The van der Waals surface area contributed by atoms with Gasteiger partial charge in [-0.3, -0.25) is 9.59 Å². The maximum absolute atomic E-state index is 11.9. The predicted molar refractivity (Wildman–Crippen MR) is 73.0 cm³/mol. The van der Waals surface area contributed by atoms with Crippen molar-refractivity contribution >= 4 is 50.3 Å². The van der Waals surface area contributed by atoms with Crippen LogP contribution in [0.15, 0.2) is 22.7 Å². The standard InChI is InChI=1S/C10H10BrIN2O2/c1-14(5-9(13)15)10(16)7-4-6(12)2-3-8(7)11/h2-4H,5H2,1H3,(H2,13,15). The molecule has 1 rings (SSSR count). The summed E-state index contributed by atoms with van der Waals surface area (Å²) in [4.78, 5) is 23.9. The molecule has 0 aliphatic heterocycles. The molecule has 2 N–H and O–H groups in total. The average molecular weight is 397 g/mol. The number of rotatable bonds is 3. The van der Waals surface area contributed by atoms with E-state index in [1.807, 2.05) is 6.07 Å². The number of halogens is 2. The molecule has 0 saturated heterocycles. The van der Waals surface area contributed by atoms with E-state index in [0.29, 0.717) is 10.0 Å². The molecule has 0 unspecified atom stereocenters. The first-order chi connectivity index (χ1) is 7.41. The highest BCUT2D eigenvalue weighted by Crippen LogP contribution is 2.20. The molecule has 0 heterocycles. The molecular weight excluding hydrogens is 387 g/mol. The molecule has 0 aliphatic carbocycles. The van der Waals surface area contributed by atoms with Crippen molar-refractivity contribution < 1.29 is 9.59 Å². The first-order valence-electron chi connectivity index (χ1n) is 4.40. The van der Waals surface area contributed by atoms with Gasteiger partial charge in [-0.2, -0.15) is 0 Å². The van der Waals surface area contributed by atoms with Gasteiger partial charge >= 0.3 is 0 Å². The summed E-state index contributed by atoms with van der Waals surface area (Å²) in [7, 11) is 1.54. The minimum absolute atomic E-state index is 0.0866. The van der Waals surface area contributed by atoms with Crippen LogP contribution in [0, 0.1) is 3.57 Å². The number of hydrogen-bond acceptors (Lipinski definition) is 2. The van der Waals surface area contributed by atoms with Gasteiger partial charge in [0.05, 0.1) is 12.1 Å². The molecule has 1 aromatic rings. The van der Waals surface area contributed by atoms with Gasteiger partial charge in [0.2, 0.25) is 5.91 Å². The van der Waals surface area contributed by atoms with Gasteiger partial charge in [0, 0.05) is 15.1 Å². The van der Waals surface area contributed by atoms with Gasteiger partial charge in [0.25, 0.3) is 5.91 Å². The third kappa shape index (κ3) is 3.44. The van der Waals surface area contributed by atoms with Crippen LogP contribution < -0.4 is 5.73 Å². The molecule has 4 nitrogen and oxygen atoms in total. The Bertz CT molecular complexity index is 437. The Hall–Kier alpha value is -0.630. The summed E-state index contributed by atoms with van der Waals surface area (Å²) in [6, 6.07) is 5.44. The lowest BCUT2D eigenvalue weighted by molar-refractivity contribution is -0.118. The number of likely N-dealkylation sites (N-methyl/N-ethyl adjacent to an activating group) is 1. The minimum atomic E-state index is -0.530. The third-order valence-electron chi connectivity index (χ3n) is 1.90. The average Bonchev–Trinajstić information content (AvgIpc) is 2.19. The first-order valence-corrected chi connectivity index (χ1v) is 6.28. The Kier molecular flexibility index (Phi) is 4.72. The maximum atomic E-state index is 11.9. The zero-order valence-electron chi connectivity index (χ0n) is 8.54. The largest absolute Gasteiger partial charge is 0.368 e. The molecule has 0 bridgehead atoms. The molecule has 0 spiro atoms. The number of carbonyl (C=O) groups excluding carboxylic acids is 2. The van der Waals surface area contributed by atoms with E-state index >= 15 is 0 Å². The molecule has 0 saturated carbocycles. The van der Waals surface area contributed by atoms with Gasteiger partial charge in [-0.05, 0) is 56.7 Å². The van der Waals surface area contributed by atoms with Crippen molar-refractivity contribution in [3.05, 3.63) is 31.8 Å². The molecule has 86 valence electrons. The van der Waals surface area contributed by atoms with Crippen molar-refractivity contribution in [3.63, 3.8) is 0 Å². The quantitative estimate of drug-likeness (QED) is 0.789. The Morgan fingerprint density at radius 3 is 2.69 bits per heavy atom. The number of carbonyl (C=O) groups is 2. The second-order valence-electron chi connectivity index (χ2n) is 3.25. The molecule has 0 atom stereocenters. The second-order valence-corrected chi connectivity index (χ2v) is 5.35. The van der Waals surface area contributed by atoms with Crippen molar-refractivity contribution in [1.29, 1.82) is 0 Å². The van der Waals surface area contributed by atoms with E-state index in [1.54, 1.807) is 19.2 Å². The molecule has 2 amide bonds. The topological polar surface area (TPSA) is 63.4 Å². The van der Waals surface area contributed by atoms with Crippen molar-refractivity contribution in [1.82, 2.24) is 4.90 Å². The van der Waals surface area contributed by atoms with Crippen LogP contribution in [0.2, 0.25) is 0 Å². The molecule has 6 heteroatoms. The fraction of sp³-hybridized carbons (Fsp3) is 0.200. The predicted octanol–water partition coefficient (Wildman–Crippen LogP) is 1.61. The molecule has 0 radical (unpaired) electrons. The highest BCUT2D eigenvalue weighted by atomic mass is 127. The highest BCUT2D eigenvalue weighted by molar-refractivity contribution is 14.1.